The Kier molecular flexibility index (Phi) is 4.52. The van der Waals surface area contributed by atoms with Gasteiger partial charge in [0, 0.05) is 29.7 Å². The number of imide groups is 1. The van der Waals surface area contributed by atoms with Gasteiger partial charge in [-0.25, -0.2) is 0 Å². The number of nitrogens with two attached hydrogens (primary N) is 1. The van der Waals surface area contributed by atoms with Crippen molar-refractivity contribution >= 4 is 23.4 Å². The van der Waals surface area contributed by atoms with Gasteiger partial charge in [0.1, 0.15) is 0 Å². The van der Waals surface area contributed by atoms with Crippen molar-refractivity contribution in [3.63, 3.8) is 0 Å². The van der Waals surface area contributed by atoms with Gasteiger partial charge in [0.05, 0.1) is 6.54 Å². The van der Waals surface area contributed by atoms with Crippen LogP contribution in [0.5, 0.6) is 0 Å². The molecule has 0 spiro atoms. The van der Waals surface area contributed by atoms with Crippen molar-refractivity contribution in [2.75, 3.05) is 19.6 Å². The van der Waals surface area contributed by atoms with E-state index in [9.17, 15) is 9.59 Å². The third-order valence-electron chi connectivity index (χ3n) is 3.04. The van der Waals surface area contributed by atoms with Crippen LogP contribution in [0.3, 0.4) is 0 Å². The summed E-state index contributed by atoms with van der Waals surface area (Å²) < 4.78 is 0. The highest BCUT2D eigenvalue weighted by Crippen LogP contribution is 2.09. The monoisotopic (exact) mass is 281 g/mol. The minimum absolute atomic E-state index is 0.125. The molecule has 6 heteroatoms. The molecule has 0 saturated carbocycles. The average molecular weight is 282 g/mol. The fourth-order valence-electron chi connectivity index (χ4n) is 2.05. The van der Waals surface area contributed by atoms with E-state index in [4.69, 9.17) is 17.3 Å². The first-order chi connectivity index (χ1) is 9.04. The fraction of sp³-hybridized carbons (Fsp3) is 0.385. The Balaban J connectivity index is 1.85. The topological polar surface area (TPSA) is 75.4 Å². The number of hydrogen-bond donors (Lipinski definition) is 2. The van der Waals surface area contributed by atoms with Crippen molar-refractivity contribution in [2.45, 2.75) is 12.5 Å². The van der Waals surface area contributed by atoms with Crippen LogP contribution in [0, 0.1) is 0 Å². The summed E-state index contributed by atoms with van der Waals surface area (Å²) in [6.07, 6.45) is 0.887. The van der Waals surface area contributed by atoms with E-state index in [2.05, 4.69) is 5.32 Å². The van der Waals surface area contributed by atoms with Crippen molar-refractivity contribution in [3.8, 4) is 0 Å². The second-order valence-corrected chi connectivity index (χ2v) is 5.10. The summed E-state index contributed by atoms with van der Waals surface area (Å²) in [7, 11) is 0. The molecule has 1 aliphatic heterocycles. The minimum Gasteiger partial charge on any atom is -0.326 e. The molecule has 0 radical (unpaired) electrons. The number of amides is 2. The number of hydrogen-bond acceptors (Lipinski definition) is 4. The molecule has 1 aromatic carbocycles. The van der Waals surface area contributed by atoms with Gasteiger partial charge in [-0.05, 0) is 30.7 Å². The zero-order chi connectivity index (χ0) is 13.8. The van der Waals surface area contributed by atoms with Gasteiger partial charge in [0.15, 0.2) is 0 Å². The summed E-state index contributed by atoms with van der Waals surface area (Å²) in [6.45, 7) is 1.69. The van der Waals surface area contributed by atoms with Crippen LogP contribution >= 0.6 is 11.6 Å². The van der Waals surface area contributed by atoms with Gasteiger partial charge in [0.2, 0.25) is 5.91 Å². The van der Waals surface area contributed by atoms with Gasteiger partial charge in [-0.3, -0.25) is 19.8 Å². The largest absolute Gasteiger partial charge is 0.326 e. The standard InChI is InChI=1S/C13H16ClN3O2/c14-10-3-1-9(2-4-10)13(19)16-12(18)8-17-6-5-11(15)7-17/h1-4,11H,5-8,15H2,(H,16,18,19)/t11-/m1/s1. The van der Waals surface area contributed by atoms with Crippen LogP contribution in [0.2, 0.25) is 5.02 Å². The molecule has 0 aromatic heterocycles. The zero-order valence-corrected chi connectivity index (χ0v) is 11.2. The summed E-state index contributed by atoms with van der Waals surface area (Å²) in [4.78, 5) is 25.4. The molecule has 2 amide bonds. The predicted octanol–water partition coefficient (Wildman–Crippen LogP) is 0.629. The second kappa shape index (κ2) is 6.14. The number of halogens is 1. The lowest BCUT2D eigenvalue weighted by Crippen LogP contribution is -2.40. The first-order valence-electron chi connectivity index (χ1n) is 6.12. The van der Waals surface area contributed by atoms with Crippen LogP contribution in [0.25, 0.3) is 0 Å². The first kappa shape index (κ1) is 14.0. The highest BCUT2D eigenvalue weighted by Gasteiger charge is 2.21. The lowest BCUT2D eigenvalue weighted by Gasteiger charge is -2.14. The number of likely N-dealkylation sites (tertiary alicyclic amines) is 1. The van der Waals surface area contributed by atoms with Gasteiger partial charge in [0.25, 0.3) is 5.91 Å². The quantitative estimate of drug-likeness (QED) is 0.852. The van der Waals surface area contributed by atoms with Crippen LogP contribution in [0.4, 0.5) is 0 Å². The molecule has 5 nitrogen and oxygen atoms in total. The molecule has 19 heavy (non-hydrogen) atoms. The Morgan fingerprint density at radius 2 is 2.05 bits per heavy atom. The minimum atomic E-state index is -0.412. The van der Waals surface area contributed by atoms with Crippen LogP contribution in [-0.2, 0) is 4.79 Å². The Bertz CT molecular complexity index is 475. The number of nitrogens with zero attached hydrogens (tertiary/aromatic N) is 1. The van der Waals surface area contributed by atoms with Crippen molar-refractivity contribution in [3.05, 3.63) is 34.9 Å². The van der Waals surface area contributed by atoms with E-state index in [0.29, 0.717) is 17.1 Å². The summed E-state index contributed by atoms with van der Waals surface area (Å²) >= 11 is 5.73. The summed E-state index contributed by atoms with van der Waals surface area (Å²) in [6, 6.07) is 6.51. The van der Waals surface area contributed by atoms with E-state index in [0.717, 1.165) is 13.0 Å². The molecule has 1 saturated heterocycles. The second-order valence-electron chi connectivity index (χ2n) is 4.67. The van der Waals surface area contributed by atoms with E-state index in [1.54, 1.807) is 24.3 Å². The fourth-order valence-corrected chi connectivity index (χ4v) is 2.17. The van der Waals surface area contributed by atoms with Gasteiger partial charge >= 0.3 is 0 Å². The molecule has 102 valence electrons. The molecule has 3 N–H and O–H groups in total. The average Bonchev–Trinajstić information content (AvgIpc) is 2.75. The molecular weight excluding hydrogens is 266 g/mol. The maximum atomic E-state index is 11.8. The first-order valence-corrected chi connectivity index (χ1v) is 6.50. The van der Waals surface area contributed by atoms with Crippen molar-refractivity contribution in [1.29, 1.82) is 0 Å². The zero-order valence-electron chi connectivity index (χ0n) is 10.4. The molecule has 1 aliphatic rings. The number of rotatable bonds is 3. The third kappa shape index (κ3) is 4.02. The smallest absolute Gasteiger partial charge is 0.257 e. The van der Waals surface area contributed by atoms with E-state index in [-0.39, 0.29) is 18.5 Å². The van der Waals surface area contributed by atoms with E-state index >= 15 is 0 Å². The Morgan fingerprint density at radius 1 is 1.37 bits per heavy atom. The summed E-state index contributed by atoms with van der Waals surface area (Å²) in [5, 5.41) is 2.90. The van der Waals surface area contributed by atoms with Gasteiger partial charge < -0.3 is 5.73 Å². The Morgan fingerprint density at radius 3 is 2.63 bits per heavy atom. The van der Waals surface area contributed by atoms with Gasteiger partial charge in [-0.1, -0.05) is 11.6 Å². The molecular formula is C13H16ClN3O2. The number of carbonyl (C=O) groups is 2. The van der Waals surface area contributed by atoms with Crippen LogP contribution in [-0.4, -0.2) is 42.4 Å². The predicted molar refractivity (Wildman–Crippen MR) is 73.0 cm³/mol. The molecule has 0 bridgehead atoms. The van der Waals surface area contributed by atoms with Crippen LogP contribution in [0.1, 0.15) is 16.8 Å². The molecule has 0 aliphatic carbocycles. The molecule has 1 atom stereocenters. The van der Waals surface area contributed by atoms with E-state index in [1.165, 1.54) is 0 Å². The van der Waals surface area contributed by atoms with Gasteiger partial charge in [-0.2, -0.15) is 0 Å². The SMILES string of the molecule is N[C@@H]1CCN(CC(=O)NC(=O)c2ccc(Cl)cc2)C1. The highest BCUT2D eigenvalue weighted by atomic mass is 35.5. The molecule has 2 rings (SSSR count). The van der Waals surface area contributed by atoms with Gasteiger partial charge in [-0.15, -0.1) is 0 Å². The van der Waals surface area contributed by atoms with E-state index < -0.39 is 5.91 Å². The van der Waals surface area contributed by atoms with Crippen LogP contribution in [0.15, 0.2) is 24.3 Å². The van der Waals surface area contributed by atoms with Crippen molar-refractivity contribution in [1.82, 2.24) is 10.2 Å². The molecule has 0 unspecified atom stereocenters. The number of benzene rings is 1. The maximum absolute atomic E-state index is 11.8. The van der Waals surface area contributed by atoms with E-state index in [1.807, 2.05) is 4.90 Å². The summed E-state index contributed by atoms with van der Waals surface area (Å²) in [5.41, 5.74) is 6.17. The Hall–Kier alpha value is -1.43. The lowest BCUT2D eigenvalue weighted by molar-refractivity contribution is -0.121. The summed E-state index contributed by atoms with van der Waals surface area (Å²) in [5.74, 6) is -0.723. The molecule has 1 heterocycles. The number of nitrogens with one attached hydrogen (secondary N) is 1. The highest BCUT2D eigenvalue weighted by molar-refractivity contribution is 6.30. The normalized spacial score (nSPS) is 19.4. The molecule has 1 aromatic rings. The van der Waals surface area contributed by atoms with Crippen LogP contribution < -0.4 is 11.1 Å². The molecule has 1 fully saturated rings. The lowest BCUT2D eigenvalue weighted by atomic mass is 10.2. The Labute approximate surface area is 116 Å². The third-order valence-corrected chi connectivity index (χ3v) is 3.29. The van der Waals surface area contributed by atoms with Crippen molar-refractivity contribution < 1.29 is 9.59 Å². The number of carbonyl (C=O) groups excluding carboxylic acids is 2. The maximum Gasteiger partial charge on any atom is 0.257 e. The van der Waals surface area contributed by atoms with Crippen molar-refractivity contribution in [2.24, 2.45) is 5.73 Å².